The molecule has 8 nitrogen and oxygen atoms in total. The molecule has 0 aliphatic carbocycles. The van der Waals surface area contributed by atoms with Crippen molar-refractivity contribution in [3.05, 3.63) is 62.6 Å². The van der Waals surface area contributed by atoms with Crippen molar-refractivity contribution in [2.45, 2.75) is 12.6 Å². The third-order valence-corrected chi connectivity index (χ3v) is 5.66. The van der Waals surface area contributed by atoms with E-state index in [1.54, 1.807) is 0 Å². The molecule has 1 aliphatic rings. The molecule has 1 heterocycles. The molecule has 2 aromatic rings. The number of nitrogens with one attached hydrogen (secondary N) is 2. The Hall–Kier alpha value is -3.02. The topological polar surface area (TPSA) is 105 Å². The first-order chi connectivity index (χ1) is 16.3. The average molecular weight is 553 g/mol. The molecule has 14 heteroatoms. The van der Waals surface area contributed by atoms with Crippen LogP contribution >= 0.6 is 34.8 Å². The van der Waals surface area contributed by atoms with Crippen molar-refractivity contribution in [2.75, 3.05) is 18.5 Å². The lowest BCUT2D eigenvalue weighted by Gasteiger charge is -2.18. The minimum Gasteiger partial charge on any atom is -0.455 e. The van der Waals surface area contributed by atoms with E-state index in [9.17, 15) is 32.3 Å². The van der Waals surface area contributed by atoms with E-state index in [-0.39, 0.29) is 34.3 Å². The molecule has 1 saturated heterocycles. The lowest BCUT2D eigenvalue weighted by atomic mass is 10.1. The molecular formula is C21H15Cl3F3N3O5. The number of carbonyl (C=O) groups excluding carboxylic acids is 4. The minimum atomic E-state index is -4.65. The van der Waals surface area contributed by atoms with Crippen molar-refractivity contribution in [3.8, 4) is 0 Å². The molecule has 3 rings (SSSR count). The Morgan fingerprint density at radius 1 is 1.06 bits per heavy atom. The Balaban J connectivity index is 1.53. The van der Waals surface area contributed by atoms with E-state index in [0.717, 1.165) is 17.1 Å². The van der Waals surface area contributed by atoms with Gasteiger partial charge in [0.15, 0.2) is 6.61 Å². The van der Waals surface area contributed by atoms with Gasteiger partial charge in [0.2, 0.25) is 5.91 Å². The molecule has 0 radical (unpaired) electrons. The zero-order chi connectivity index (χ0) is 25.9. The smallest absolute Gasteiger partial charge is 0.416 e. The van der Waals surface area contributed by atoms with Crippen LogP contribution in [-0.2, 0) is 25.3 Å². The highest BCUT2D eigenvalue weighted by Crippen LogP contribution is 2.33. The van der Waals surface area contributed by atoms with Crippen LogP contribution in [0.3, 0.4) is 0 Å². The zero-order valence-corrected chi connectivity index (χ0v) is 19.7. The summed E-state index contributed by atoms with van der Waals surface area (Å²) in [6.07, 6.45) is -4.94. The number of rotatable bonds is 6. The number of alkyl halides is 3. The van der Waals surface area contributed by atoms with Crippen molar-refractivity contribution in [2.24, 2.45) is 5.92 Å². The number of anilines is 1. The number of ether oxygens (including phenoxy) is 1. The Labute approximate surface area is 211 Å². The Kier molecular flexibility index (Phi) is 8.14. The van der Waals surface area contributed by atoms with Crippen molar-refractivity contribution < 1.29 is 37.1 Å². The average Bonchev–Trinajstić information content (AvgIpc) is 3.13. The molecule has 0 unspecified atom stereocenters. The van der Waals surface area contributed by atoms with Crippen molar-refractivity contribution in [3.63, 3.8) is 0 Å². The summed E-state index contributed by atoms with van der Waals surface area (Å²) in [5.41, 5.74) is 1.05. The number of amides is 3. The molecule has 0 aromatic heterocycles. The van der Waals surface area contributed by atoms with E-state index in [1.807, 2.05) is 0 Å². The van der Waals surface area contributed by atoms with E-state index in [1.165, 1.54) is 18.2 Å². The van der Waals surface area contributed by atoms with Gasteiger partial charge < -0.3 is 10.1 Å². The number of carbonyl (C=O) groups is 4. The first-order valence-electron chi connectivity index (χ1n) is 9.74. The molecule has 35 heavy (non-hydrogen) atoms. The molecule has 1 fully saturated rings. The number of hydrogen-bond donors (Lipinski definition) is 2. The van der Waals surface area contributed by atoms with Gasteiger partial charge in [-0.3, -0.25) is 29.6 Å². The number of hydrazine groups is 1. The van der Waals surface area contributed by atoms with Crippen molar-refractivity contribution >= 4 is 64.2 Å². The fourth-order valence-electron chi connectivity index (χ4n) is 3.07. The van der Waals surface area contributed by atoms with Crippen LogP contribution in [0.2, 0.25) is 15.1 Å². The fraction of sp³-hybridized carbons (Fsp3) is 0.238. The van der Waals surface area contributed by atoms with Crippen molar-refractivity contribution in [1.29, 1.82) is 0 Å². The molecule has 186 valence electrons. The third kappa shape index (κ3) is 6.77. The van der Waals surface area contributed by atoms with Gasteiger partial charge in [-0.25, -0.2) is 0 Å². The maximum absolute atomic E-state index is 12.8. The van der Waals surface area contributed by atoms with E-state index in [0.29, 0.717) is 11.1 Å². The van der Waals surface area contributed by atoms with Crippen LogP contribution < -0.4 is 10.7 Å². The van der Waals surface area contributed by atoms with Gasteiger partial charge in [-0.05, 0) is 36.4 Å². The van der Waals surface area contributed by atoms with Crippen LogP contribution in [0, 0.1) is 5.92 Å². The first kappa shape index (κ1) is 26.6. The van der Waals surface area contributed by atoms with Gasteiger partial charge >= 0.3 is 12.1 Å². The number of hydrogen-bond acceptors (Lipinski definition) is 5. The number of halogens is 6. The largest absolute Gasteiger partial charge is 0.455 e. The maximum Gasteiger partial charge on any atom is 0.416 e. The highest BCUT2D eigenvalue weighted by atomic mass is 35.5. The highest BCUT2D eigenvalue weighted by Gasteiger charge is 2.37. The number of benzene rings is 2. The van der Waals surface area contributed by atoms with Crippen molar-refractivity contribution in [1.82, 2.24) is 10.4 Å². The van der Waals surface area contributed by atoms with Gasteiger partial charge in [0.1, 0.15) is 0 Å². The van der Waals surface area contributed by atoms with Gasteiger partial charge in [0, 0.05) is 11.4 Å². The summed E-state index contributed by atoms with van der Waals surface area (Å²) in [5, 5.41) is 3.28. The van der Waals surface area contributed by atoms with E-state index < -0.39 is 48.0 Å². The Morgan fingerprint density at radius 3 is 2.43 bits per heavy atom. The maximum atomic E-state index is 12.8. The standard InChI is InChI=1S/C21H15Cl3F3N3O5/c22-12-2-3-13(15(24)7-12)19(33)29-30-8-10(5-18(30)32)20(34)35-9-17(31)28-16-6-11(21(25,26)27)1-4-14(16)23/h1-4,6-7,10H,5,8-9H2,(H,28,31)(H,29,33)/t10-/m0/s1. The summed E-state index contributed by atoms with van der Waals surface area (Å²) in [7, 11) is 0. The van der Waals surface area contributed by atoms with Gasteiger partial charge in [-0.15, -0.1) is 0 Å². The van der Waals surface area contributed by atoms with Crippen LogP contribution in [-0.4, -0.2) is 41.9 Å². The van der Waals surface area contributed by atoms with Crippen LogP contribution in [0.4, 0.5) is 18.9 Å². The van der Waals surface area contributed by atoms with E-state index in [4.69, 9.17) is 39.5 Å². The summed E-state index contributed by atoms with van der Waals surface area (Å²) in [4.78, 5) is 48.9. The van der Waals surface area contributed by atoms with E-state index in [2.05, 4.69) is 10.7 Å². The van der Waals surface area contributed by atoms with E-state index >= 15 is 0 Å². The molecule has 2 N–H and O–H groups in total. The molecule has 1 aliphatic heterocycles. The monoisotopic (exact) mass is 551 g/mol. The quantitative estimate of drug-likeness (QED) is 0.519. The second kappa shape index (κ2) is 10.7. The summed E-state index contributed by atoms with van der Waals surface area (Å²) in [5.74, 6) is -4.12. The van der Waals surface area contributed by atoms with Crippen LogP contribution in [0.1, 0.15) is 22.3 Å². The van der Waals surface area contributed by atoms with Gasteiger partial charge in [-0.1, -0.05) is 34.8 Å². The number of nitrogens with zero attached hydrogens (tertiary/aromatic N) is 1. The lowest BCUT2D eigenvalue weighted by molar-refractivity contribution is -0.151. The Bertz CT molecular complexity index is 1190. The zero-order valence-electron chi connectivity index (χ0n) is 17.4. The minimum absolute atomic E-state index is 0.0554. The van der Waals surface area contributed by atoms with Gasteiger partial charge in [0.05, 0.1) is 39.3 Å². The molecule has 2 aromatic carbocycles. The molecular weight excluding hydrogens is 538 g/mol. The SMILES string of the molecule is O=C(COC(=O)[C@H]1CC(=O)N(NC(=O)c2ccc(Cl)cc2Cl)C1)Nc1cc(C(F)(F)F)ccc1Cl. The molecule has 0 bridgehead atoms. The van der Waals surface area contributed by atoms with Gasteiger partial charge in [0.25, 0.3) is 11.8 Å². The normalized spacial score (nSPS) is 15.7. The summed E-state index contributed by atoms with van der Waals surface area (Å²) in [6.45, 7) is -1.06. The summed E-state index contributed by atoms with van der Waals surface area (Å²) < 4.78 is 43.4. The van der Waals surface area contributed by atoms with Crippen LogP contribution in [0.5, 0.6) is 0 Å². The Morgan fingerprint density at radius 2 is 1.77 bits per heavy atom. The summed E-state index contributed by atoms with van der Waals surface area (Å²) >= 11 is 17.6. The van der Waals surface area contributed by atoms with Crippen LogP contribution in [0.25, 0.3) is 0 Å². The predicted molar refractivity (Wildman–Crippen MR) is 120 cm³/mol. The first-order valence-corrected chi connectivity index (χ1v) is 10.9. The van der Waals surface area contributed by atoms with Gasteiger partial charge in [-0.2, -0.15) is 13.2 Å². The predicted octanol–water partition coefficient (Wildman–Crippen LogP) is 4.34. The van der Waals surface area contributed by atoms with Crippen LogP contribution in [0.15, 0.2) is 36.4 Å². The third-order valence-electron chi connectivity index (χ3n) is 4.78. The second-order valence-electron chi connectivity index (χ2n) is 7.32. The fourth-order valence-corrected chi connectivity index (χ4v) is 3.73. The lowest BCUT2D eigenvalue weighted by Crippen LogP contribution is -2.43. The molecule has 0 spiro atoms. The highest BCUT2D eigenvalue weighted by molar-refractivity contribution is 6.36. The molecule has 3 amide bonds. The molecule has 1 atom stereocenters. The second-order valence-corrected chi connectivity index (χ2v) is 8.57. The number of esters is 1. The molecule has 0 saturated carbocycles. The summed E-state index contributed by atoms with van der Waals surface area (Å²) in [6, 6.07) is 6.51.